The smallest absolute Gasteiger partial charge is 0.145 e. The summed E-state index contributed by atoms with van der Waals surface area (Å²) in [7, 11) is 2.18. The number of hydrogen-bond acceptors (Lipinski definition) is 5. The van der Waals surface area contributed by atoms with Gasteiger partial charge in [0.1, 0.15) is 11.6 Å². The molecule has 1 saturated heterocycles. The van der Waals surface area contributed by atoms with Crippen LogP contribution in [0.4, 0.5) is 5.82 Å². The molecule has 148 valence electrons. The van der Waals surface area contributed by atoms with Crippen LogP contribution in [0.2, 0.25) is 0 Å². The van der Waals surface area contributed by atoms with Crippen molar-refractivity contribution in [1.29, 1.82) is 0 Å². The molecule has 0 saturated carbocycles. The van der Waals surface area contributed by atoms with Gasteiger partial charge in [0.05, 0.1) is 12.1 Å². The van der Waals surface area contributed by atoms with E-state index >= 15 is 0 Å². The zero-order valence-corrected chi connectivity index (χ0v) is 16.9. The van der Waals surface area contributed by atoms with Crippen LogP contribution in [0.5, 0.6) is 0 Å². The minimum absolute atomic E-state index is 0.559. The Morgan fingerprint density at radius 3 is 2.67 bits per heavy atom. The molecular formula is C22H34N4O. The number of rotatable bonds is 10. The van der Waals surface area contributed by atoms with Crippen molar-refractivity contribution in [1.82, 2.24) is 14.9 Å². The number of ether oxygens (including phenoxy) is 1. The monoisotopic (exact) mass is 370 g/mol. The van der Waals surface area contributed by atoms with Gasteiger partial charge in [-0.25, -0.2) is 9.97 Å². The Kier molecular flexibility index (Phi) is 7.84. The lowest BCUT2D eigenvalue weighted by molar-refractivity contribution is 0.0400. The highest BCUT2D eigenvalue weighted by Crippen LogP contribution is 2.22. The van der Waals surface area contributed by atoms with Crippen molar-refractivity contribution in [3.63, 3.8) is 0 Å². The summed E-state index contributed by atoms with van der Waals surface area (Å²) in [5, 5.41) is 4.68. The van der Waals surface area contributed by atoms with Gasteiger partial charge in [0.2, 0.25) is 0 Å². The van der Waals surface area contributed by atoms with Gasteiger partial charge in [0.15, 0.2) is 0 Å². The SMILES string of the molecule is CCCCCCCNc1nc(CN(C)C2CCOCC2)nc2ccccc12. The number of nitrogens with one attached hydrogen (secondary N) is 1. The lowest BCUT2D eigenvalue weighted by atomic mass is 10.1. The topological polar surface area (TPSA) is 50.3 Å². The maximum atomic E-state index is 5.49. The fraction of sp³-hybridized carbons (Fsp3) is 0.636. The molecule has 3 rings (SSSR count). The van der Waals surface area contributed by atoms with E-state index in [2.05, 4.69) is 48.5 Å². The highest BCUT2D eigenvalue weighted by molar-refractivity contribution is 5.88. The molecule has 2 aromatic rings. The third kappa shape index (κ3) is 5.88. The Balaban J connectivity index is 1.66. The molecule has 1 aliphatic rings. The molecule has 1 N–H and O–H groups in total. The van der Waals surface area contributed by atoms with Crippen molar-refractivity contribution in [3.8, 4) is 0 Å². The molecule has 0 aliphatic carbocycles. The molecule has 0 atom stereocenters. The van der Waals surface area contributed by atoms with Gasteiger partial charge in [-0.1, -0.05) is 44.7 Å². The predicted molar refractivity (Wildman–Crippen MR) is 112 cm³/mol. The van der Waals surface area contributed by atoms with Gasteiger partial charge in [0, 0.05) is 31.2 Å². The van der Waals surface area contributed by atoms with Gasteiger partial charge >= 0.3 is 0 Å². The Morgan fingerprint density at radius 1 is 1.07 bits per heavy atom. The van der Waals surface area contributed by atoms with Crippen LogP contribution in [0.3, 0.4) is 0 Å². The molecular weight excluding hydrogens is 336 g/mol. The largest absolute Gasteiger partial charge is 0.381 e. The Hall–Kier alpha value is -1.72. The molecule has 0 spiro atoms. The molecule has 1 aliphatic heterocycles. The van der Waals surface area contributed by atoms with E-state index in [-0.39, 0.29) is 0 Å². The van der Waals surface area contributed by atoms with Crippen LogP contribution >= 0.6 is 0 Å². The van der Waals surface area contributed by atoms with E-state index in [1.165, 1.54) is 32.1 Å². The summed E-state index contributed by atoms with van der Waals surface area (Å²) in [4.78, 5) is 12.1. The number of fused-ring (bicyclic) bond motifs is 1. The quantitative estimate of drug-likeness (QED) is 0.618. The molecule has 1 aromatic heterocycles. The summed E-state index contributed by atoms with van der Waals surface area (Å²) in [6.45, 7) is 5.72. The second kappa shape index (κ2) is 10.6. The van der Waals surface area contributed by atoms with Gasteiger partial charge in [-0.15, -0.1) is 0 Å². The van der Waals surface area contributed by atoms with Gasteiger partial charge in [0.25, 0.3) is 0 Å². The molecule has 0 amide bonds. The Labute approximate surface area is 163 Å². The highest BCUT2D eigenvalue weighted by Gasteiger charge is 2.19. The summed E-state index contributed by atoms with van der Waals surface area (Å²) in [6, 6.07) is 8.87. The number of hydrogen-bond donors (Lipinski definition) is 1. The van der Waals surface area contributed by atoms with Gasteiger partial charge in [-0.3, -0.25) is 4.90 Å². The normalized spacial score (nSPS) is 15.5. The summed E-state index contributed by atoms with van der Waals surface area (Å²) < 4.78 is 5.49. The summed E-state index contributed by atoms with van der Waals surface area (Å²) in [5.41, 5.74) is 1.02. The first-order valence-corrected chi connectivity index (χ1v) is 10.6. The van der Waals surface area contributed by atoms with Crippen LogP contribution < -0.4 is 5.32 Å². The van der Waals surface area contributed by atoms with Crippen LogP contribution in [0.1, 0.15) is 57.7 Å². The van der Waals surface area contributed by atoms with E-state index in [0.717, 1.165) is 61.7 Å². The van der Waals surface area contributed by atoms with Gasteiger partial charge in [-0.2, -0.15) is 0 Å². The molecule has 2 heterocycles. The average Bonchev–Trinajstić information content (AvgIpc) is 2.71. The van der Waals surface area contributed by atoms with E-state index in [1.807, 2.05) is 0 Å². The molecule has 5 nitrogen and oxygen atoms in total. The molecule has 0 radical (unpaired) electrons. The highest BCUT2D eigenvalue weighted by atomic mass is 16.5. The first kappa shape index (κ1) is 20.0. The van der Waals surface area contributed by atoms with Crippen molar-refractivity contribution in [2.45, 2.75) is 64.5 Å². The lowest BCUT2D eigenvalue weighted by Gasteiger charge is -2.30. The van der Waals surface area contributed by atoms with Crippen molar-refractivity contribution in [3.05, 3.63) is 30.1 Å². The van der Waals surface area contributed by atoms with Crippen molar-refractivity contribution in [2.75, 3.05) is 32.1 Å². The Bertz CT molecular complexity index is 700. The number of benzene rings is 1. The molecule has 1 fully saturated rings. The van der Waals surface area contributed by atoms with Crippen LogP contribution in [0.15, 0.2) is 24.3 Å². The zero-order valence-electron chi connectivity index (χ0n) is 16.9. The number of anilines is 1. The first-order valence-electron chi connectivity index (χ1n) is 10.6. The number of aromatic nitrogens is 2. The van der Waals surface area contributed by atoms with Crippen LogP contribution in [-0.4, -0.2) is 47.7 Å². The van der Waals surface area contributed by atoms with Crippen LogP contribution in [-0.2, 0) is 11.3 Å². The maximum Gasteiger partial charge on any atom is 0.145 e. The first-order chi connectivity index (χ1) is 13.3. The van der Waals surface area contributed by atoms with Crippen molar-refractivity contribution >= 4 is 16.7 Å². The number of para-hydroxylation sites is 1. The molecule has 1 aromatic carbocycles. The summed E-state index contributed by atoms with van der Waals surface area (Å²) in [5.74, 6) is 1.88. The summed E-state index contributed by atoms with van der Waals surface area (Å²) >= 11 is 0. The Morgan fingerprint density at radius 2 is 1.85 bits per heavy atom. The minimum atomic E-state index is 0.559. The van der Waals surface area contributed by atoms with E-state index in [0.29, 0.717) is 6.04 Å². The van der Waals surface area contributed by atoms with Crippen LogP contribution in [0, 0.1) is 0 Å². The van der Waals surface area contributed by atoms with Crippen LogP contribution in [0.25, 0.3) is 10.9 Å². The molecule has 5 heteroatoms. The van der Waals surface area contributed by atoms with Crippen molar-refractivity contribution in [2.24, 2.45) is 0 Å². The predicted octanol–water partition coefficient (Wildman–Crippen LogP) is 4.62. The third-order valence-corrected chi connectivity index (χ3v) is 5.43. The minimum Gasteiger partial charge on any atom is -0.381 e. The third-order valence-electron chi connectivity index (χ3n) is 5.43. The van der Waals surface area contributed by atoms with Gasteiger partial charge < -0.3 is 10.1 Å². The molecule has 27 heavy (non-hydrogen) atoms. The van der Waals surface area contributed by atoms with E-state index in [4.69, 9.17) is 14.7 Å². The average molecular weight is 371 g/mol. The molecule has 0 bridgehead atoms. The lowest BCUT2D eigenvalue weighted by Crippen LogP contribution is -2.36. The molecule has 0 unspecified atom stereocenters. The standard InChI is InChI=1S/C22H34N4O/c1-3-4-5-6-9-14-23-22-19-10-7-8-11-20(19)24-21(25-22)17-26(2)18-12-15-27-16-13-18/h7-8,10-11,18H,3-6,9,12-17H2,1-2H3,(H,23,24,25). The van der Waals surface area contributed by atoms with E-state index < -0.39 is 0 Å². The number of unbranched alkanes of at least 4 members (excludes halogenated alkanes) is 4. The van der Waals surface area contributed by atoms with E-state index in [1.54, 1.807) is 0 Å². The second-order valence-electron chi connectivity index (χ2n) is 7.61. The van der Waals surface area contributed by atoms with E-state index in [9.17, 15) is 0 Å². The fourth-order valence-electron chi connectivity index (χ4n) is 3.74. The van der Waals surface area contributed by atoms with Crippen molar-refractivity contribution < 1.29 is 4.74 Å². The van der Waals surface area contributed by atoms with Gasteiger partial charge in [-0.05, 0) is 38.4 Å². The second-order valence-corrected chi connectivity index (χ2v) is 7.61. The maximum absolute atomic E-state index is 5.49. The summed E-state index contributed by atoms with van der Waals surface area (Å²) in [6.07, 6.45) is 8.59. The number of nitrogens with zero attached hydrogens (tertiary/aromatic N) is 3. The fourth-order valence-corrected chi connectivity index (χ4v) is 3.74. The zero-order chi connectivity index (χ0) is 18.9.